The molecule has 0 aliphatic carbocycles. The summed E-state index contributed by atoms with van der Waals surface area (Å²) in [5, 5.41) is 10.4. The van der Waals surface area contributed by atoms with Crippen molar-refractivity contribution in [2.45, 2.75) is 46.1 Å². The molecule has 1 amide bonds. The van der Waals surface area contributed by atoms with E-state index in [9.17, 15) is 9.90 Å². The van der Waals surface area contributed by atoms with Crippen molar-refractivity contribution < 1.29 is 9.90 Å². The van der Waals surface area contributed by atoms with E-state index in [2.05, 4.69) is 25.8 Å². The molecule has 0 radical (unpaired) electrons. The van der Waals surface area contributed by atoms with E-state index in [1.165, 1.54) is 0 Å². The van der Waals surface area contributed by atoms with Crippen LogP contribution in [-0.4, -0.2) is 42.3 Å². The Labute approximate surface area is 133 Å². The molecule has 1 N–H and O–H groups in total. The van der Waals surface area contributed by atoms with E-state index < -0.39 is 6.04 Å². The number of amides is 1. The summed E-state index contributed by atoms with van der Waals surface area (Å²) in [4.78, 5) is 18.1. The van der Waals surface area contributed by atoms with Crippen molar-refractivity contribution in [3.63, 3.8) is 0 Å². The Bertz CT molecular complexity index is 555. The van der Waals surface area contributed by atoms with Gasteiger partial charge in [-0.25, -0.2) is 0 Å². The molecule has 22 heavy (non-hydrogen) atoms. The largest absolute Gasteiger partial charge is 0.507 e. The third-order valence-electron chi connectivity index (χ3n) is 3.57. The predicted molar refractivity (Wildman–Crippen MR) is 91.7 cm³/mol. The smallest absolute Gasteiger partial charge is 0.247 e. The van der Waals surface area contributed by atoms with Gasteiger partial charge in [-0.15, -0.1) is 0 Å². The van der Waals surface area contributed by atoms with Crippen molar-refractivity contribution in [1.29, 1.82) is 0 Å². The lowest BCUT2D eigenvalue weighted by Crippen LogP contribution is -2.35. The molecule has 1 atom stereocenters. The van der Waals surface area contributed by atoms with Gasteiger partial charge in [-0.1, -0.05) is 46.8 Å². The van der Waals surface area contributed by atoms with Gasteiger partial charge in [0.05, 0.1) is 0 Å². The normalized spacial score (nSPS) is 13.6. The fourth-order valence-electron chi connectivity index (χ4n) is 2.22. The summed E-state index contributed by atoms with van der Waals surface area (Å²) in [5.41, 5.74) is 1.37. The summed E-state index contributed by atoms with van der Waals surface area (Å²) in [6.45, 7) is 10.1. The average molecular weight is 304 g/mol. The minimum Gasteiger partial charge on any atom is -0.507 e. The number of hydrogen-bond donors (Lipinski definition) is 1. The number of aliphatic imine (C=N–C) groups is 1. The molecule has 1 rings (SSSR count). The zero-order chi connectivity index (χ0) is 17.1. The van der Waals surface area contributed by atoms with Gasteiger partial charge in [0, 0.05) is 25.9 Å². The van der Waals surface area contributed by atoms with Gasteiger partial charge in [-0.05, 0) is 23.0 Å². The molecule has 0 aliphatic heterocycles. The maximum atomic E-state index is 12.2. The molecule has 0 saturated heterocycles. The molecule has 0 bridgehead atoms. The van der Waals surface area contributed by atoms with Gasteiger partial charge in [-0.3, -0.25) is 9.79 Å². The molecule has 0 spiro atoms. The average Bonchev–Trinajstić information content (AvgIpc) is 2.38. The van der Waals surface area contributed by atoms with Crippen LogP contribution >= 0.6 is 0 Å². The highest BCUT2D eigenvalue weighted by Gasteiger charge is 2.23. The molecular formula is C18H28N2O2. The summed E-state index contributed by atoms with van der Waals surface area (Å²) in [6, 6.07) is 5.19. The number of benzene rings is 1. The summed E-state index contributed by atoms with van der Waals surface area (Å²) >= 11 is 0. The first kappa shape index (κ1) is 18.2. The van der Waals surface area contributed by atoms with Gasteiger partial charge < -0.3 is 10.0 Å². The van der Waals surface area contributed by atoms with Crippen LogP contribution < -0.4 is 0 Å². The minimum absolute atomic E-state index is 0.0299. The molecule has 0 aromatic heterocycles. The molecule has 4 nitrogen and oxygen atoms in total. The van der Waals surface area contributed by atoms with Gasteiger partial charge in [0.15, 0.2) is 0 Å². The number of carbonyl (C=O) groups is 1. The van der Waals surface area contributed by atoms with Crippen molar-refractivity contribution in [3.8, 4) is 5.75 Å². The van der Waals surface area contributed by atoms with Crippen LogP contribution in [0.15, 0.2) is 23.2 Å². The second-order valence-electron chi connectivity index (χ2n) is 7.19. The number of phenols is 1. The van der Waals surface area contributed by atoms with Crippen LogP contribution in [0.25, 0.3) is 0 Å². The Morgan fingerprint density at radius 1 is 1.27 bits per heavy atom. The van der Waals surface area contributed by atoms with Gasteiger partial charge in [0.1, 0.15) is 11.8 Å². The SMILES string of the molecule is CC(C)[C@H](N=Cc1cccc(C(C)(C)C)c1O)C(=O)N(C)C. The van der Waals surface area contributed by atoms with Gasteiger partial charge in [0.25, 0.3) is 0 Å². The molecule has 1 aromatic carbocycles. The van der Waals surface area contributed by atoms with Crippen LogP contribution in [0.1, 0.15) is 45.7 Å². The van der Waals surface area contributed by atoms with Crippen LogP contribution in [0.4, 0.5) is 0 Å². The molecular weight excluding hydrogens is 276 g/mol. The maximum Gasteiger partial charge on any atom is 0.247 e. The van der Waals surface area contributed by atoms with Crippen LogP contribution in [-0.2, 0) is 10.2 Å². The molecule has 0 aliphatic rings. The lowest BCUT2D eigenvalue weighted by Gasteiger charge is -2.22. The van der Waals surface area contributed by atoms with E-state index >= 15 is 0 Å². The first-order valence-corrected chi connectivity index (χ1v) is 7.62. The molecule has 0 fully saturated rings. The van der Waals surface area contributed by atoms with Gasteiger partial charge in [-0.2, -0.15) is 0 Å². The fraction of sp³-hybridized carbons (Fsp3) is 0.556. The first-order valence-electron chi connectivity index (χ1n) is 7.62. The Kier molecular flexibility index (Phi) is 5.75. The number of nitrogens with zero attached hydrogens (tertiary/aromatic N) is 2. The highest BCUT2D eigenvalue weighted by molar-refractivity contribution is 5.88. The first-order chi connectivity index (χ1) is 10.1. The third kappa shape index (κ3) is 4.33. The lowest BCUT2D eigenvalue weighted by molar-refractivity contribution is -0.130. The zero-order valence-electron chi connectivity index (χ0n) is 14.7. The van der Waals surface area contributed by atoms with Crippen molar-refractivity contribution in [2.24, 2.45) is 10.9 Å². The van der Waals surface area contributed by atoms with Crippen molar-refractivity contribution >= 4 is 12.1 Å². The fourth-order valence-corrected chi connectivity index (χ4v) is 2.22. The van der Waals surface area contributed by atoms with Crippen LogP contribution in [0, 0.1) is 5.92 Å². The summed E-state index contributed by atoms with van der Waals surface area (Å²) in [7, 11) is 3.45. The van der Waals surface area contributed by atoms with E-state index in [4.69, 9.17) is 0 Å². The third-order valence-corrected chi connectivity index (χ3v) is 3.57. The van der Waals surface area contributed by atoms with Crippen LogP contribution in [0.3, 0.4) is 0 Å². The molecule has 0 saturated carbocycles. The van der Waals surface area contributed by atoms with Gasteiger partial charge in [0.2, 0.25) is 5.91 Å². The monoisotopic (exact) mass is 304 g/mol. The van der Waals surface area contributed by atoms with E-state index in [1.807, 2.05) is 32.0 Å². The number of rotatable bonds is 4. The summed E-state index contributed by atoms with van der Waals surface area (Å²) < 4.78 is 0. The number of likely N-dealkylation sites (N-methyl/N-ethyl adjacent to an activating group) is 1. The van der Waals surface area contributed by atoms with Crippen LogP contribution in [0.5, 0.6) is 5.75 Å². The molecule has 4 heteroatoms. The number of carbonyl (C=O) groups excluding carboxylic acids is 1. The number of hydrogen-bond acceptors (Lipinski definition) is 3. The quantitative estimate of drug-likeness (QED) is 0.868. The molecule has 0 heterocycles. The second-order valence-corrected chi connectivity index (χ2v) is 7.19. The Morgan fingerprint density at radius 2 is 1.86 bits per heavy atom. The van der Waals surface area contributed by atoms with Crippen molar-refractivity contribution in [3.05, 3.63) is 29.3 Å². The molecule has 122 valence electrons. The Hall–Kier alpha value is -1.84. The van der Waals surface area contributed by atoms with E-state index in [1.54, 1.807) is 25.2 Å². The Morgan fingerprint density at radius 3 is 2.32 bits per heavy atom. The topological polar surface area (TPSA) is 52.9 Å². The minimum atomic E-state index is -0.437. The van der Waals surface area contributed by atoms with Crippen molar-refractivity contribution in [1.82, 2.24) is 4.90 Å². The lowest BCUT2D eigenvalue weighted by atomic mass is 9.85. The highest BCUT2D eigenvalue weighted by atomic mass is 16.3. The summed E-state index contributed by atoms with van der Waals surface area (Å²) in [5.74, 6) is 0.301. The number of phenolic OH excluding ortho intramolecular Hbond substituents is 1. The standard InChI is InChI=1S/C18H28N2O2/c1-12(2)15(17(22)20(6)7)19-11-13-9-8-10-14(16(13)21)18(3,4)5/h8-12,15,21H,1-7H3/t15-/m0/s1. The van der Waals surface area contributed by atoms with E-state index in [0.29, 0.717) is 5.56 Å². The van der Waals surface area contributed by atoms with Gasteiger partial charge >= 0.3 is 0 Å². The summed E-state index contributed by atoms with van der Waals surface area (Å²) in [6.07, 6.45) is 1.61. The van der Waals surface area contributed by atoms with E-state index in [0.717, 1.165) is 5.56 Å². The maximum absolute atomic E-state index is 12.2. The Balaban J connectivity index is 3.15. The zero-order valence-corrected chi connectivity index (χ0v) is 14.7. The molecule has 0 unspecified atom stereocenters. The number of aromatic hydroxyl groups is 1. The highest BCUT2D eigenvalue weighted by Crippen LogP contribution is 2.32. The second kappa shape index (κ2) is 6.95. The van der Waals surface area contributed by atoms with Crippen LogP contribution in [0.2, 0.25) is 0 Å². The van der Waals surface area contributed by atoms with E-state index in [-0.39, 0.29) is 23.0 Å². The number of para-hydroxylation sites is 1. The predicted octanol–water partition coefficient (Wildman–Crippen LogP) is 3.22. The van der Waals surface area contributed by atoms with Crippen molar-refractivity contribution in [2.75, 3.05) is 14.1 Å². The molecule has 1 aromatic rings.